The molecule has 0 unspecified atom stereocenters. The van der Waals surface area contributed by atoms with Crippen molar-refractivity contribution in [3.8, 4) is 0 Å². The van der Waals surface area contributed by atoms with Crippen LogP contribution in [0.4, 0.5) is 0 Å². The largest absolute Gasteiger partial charge is 0.463 e. The molecular weight excluding hydrogens is 332 g/mol. The van der Waals surface area contributed by atoms with E-state index in [4.69, 9.17) is 4.74 Å². The Labute approximate surface area is 168 Å². The third-order valence-corrected chi connectivity index (χ3v) is 4.94. The zero-order valence-corrected chi connectivity index (χ0v) is 18.9. The number of allylic oxidation sites excluding steroid dienone is 7. The van der Waals surface area contributed by atoms with Gasteiger partial charge in [0, 0.05) is 5.57 Å². The molecule has 0 aromatic heterocycles. The van der Waals surface area contributed by atoms with Gasteiger partial charge in [-0.25, -0.2) is 4.79 Å². The van der Waals surface area contributed by atoms with E-state index in [1.807, 2.05) is 20.8 Å². The van der Waals surface area contributed by atoms with E-state index in [0.29, 0.717) is 6.61 Å². The minimum absolute atomic E-state index is 0.184. The highest BCUT2D eigenvalue weighted by Crippen LogP contribution is 2.16. The van der Waals surface area contributed by atoms with Crippen molar-refractivity contribution >= 4 is 5.97 Å². The van der Waals surface area contributed by atoms with Crippen LogP contribution in [0.25, 0.3) is 0 Å². The van der Waals surface area contributed by atoms with Gasteiger partial charge >= 0.3 is 5.97 Å². The Morgan fingerprint density at radius 2 is 1.15 bits per heavy atom. The van der Waals surface area contributed by atoms with E-state index in [1.165, 1.54) is 36.0 Å². The normalized spacial score (nSPS) is 14.3. The highest BCUT2D eigenvalue weighted by atomic mass is 16.5. The van der Waals surface area contributed by atoms with Crippen molar-refractivity contribution < 1.29 is 9.53 Å². The highest BCUT2D eigenvalue weighted by Gasteiger charge is 2.07. The van der Waals surface area contributed by atoms with Gasteiger partial charge in [-0.3, -0.25) is 0 Å². The number of rotatable bonds is 13. The number of hydrogen-bond acceptors (Lipinski definition) is 2. The summed E-state index contributed by atoms with van der Waals surface area (Å²) in [5.41, 5.74) is 6.32. The van der Waals surface area contributed by atoms with E-state index in [1.54, 1.807) is 0 Å². The molecule has 0 rings (SSSR count). The topological polar surface area (TPSA) is 26.3 Å². The molecule has 0 aliphatic carbocycles. The maximum Gasteiger partial charge on any atom is 0.333 e. The van der Waals surface area contributed by atoms with Gasteiger partial charge in [0.1, 0.15) is 0 Å². The van der Waals surface area contributed by atoms with Crippen molar-refractivity contribution in [2.24, 2.45) is 0 Å². The molecule has 0 saturated heterocycles. The predicted octanol–water partition coefficient (Wildman–Crippen LogP) is 7.87. The van der Waals surface area contributed by atoms with E-state index in [-0.39, 0.29) is 5.97 Å². The fourth-order valence-electron chi connectivity index (χ4n) is 2.93. The Bertz CT molecular complexity index is 559. The first kappa shape index (κ1) is 25.4. The lowest BCUT2D eigenvalue weighted by atomic mass is 10.0. The third kappa shape index (κ3) is 13.3. The summed E-state index contributed by atoms with van der Waals surface area (Å²) in [6, 6.07) is 0. The van der Waals surface area contributed by atoms with Crippen LogP contribution in [0.1, 0.15) is 99.8 Å². The maximum atomic E-state index is 11.7. The summed E-state index contributed by atoms with van der Waals surface area (Å²) in [6.45, 7) is 15.1. The van der Waals surface area contributed by atoms with Gasteiger partial charge in [-0.05, 0) is 86.5 Å². The van der Waals surface area contributed by atoms with Gasteiger partial charge in [-0.2, -0.15) is 0 Å². The molecule has 154 valence electrons. The fraction of sp³-hybridized carbons (Fsp3) is 0.640. The summed E-state index contributed by atoms with van der Waals surface area (Å²) in [5, 5.41) is 0. The van der Waals surface area contributed by atoms with E-state index < -0.39 is 0 Å². The molecule has 0 aromatic carbocycles. The fourth-order valence-corrected chi connectivity index (χ4v) is 2.93. The Morgan fingerprint density at radius 1 is 0.704 bits per heavy atom. The van der Waals surface area contributed by atoms with Gasteiger partial charge in [0.05, 0.1) is 6.61 Å². The summed E-state index contributed by atoms with van der Waals surface area (Å²) >= 11 is 0. The van der Waals surface area contributed by atoms with Crippen LogP contribution >= 0.6 is 0 Å². The molecular formula is C25H42O2. The predicted molar refractivity (Wildman–Crippen MR) is 119 cm³/mol. The Kier molecular flexibility index (Phi) is 14.6. The van der Waals surface area contributed by atoms with E-state index in [9.17, 15) is 4.79 Å². The average molecular weight is 375 g/mol. The van der Waals surface area contributed by atoms with Crippen LogP contribution in [0.2, 0.25) is 0 Å². The second kappa shape index (κ2) is 15.5. The molecule has 0 radical (unpaired) electrons. The summed E-state index contributed by atoms with van der Waals surface area (Å²) in [5.74, 6) is -0.184. The Hall–Kier alpha value is -1.57. The van der Waals surface area contributed by atoms with E-state index in [2.05, 4.69) is 45.9 Å². The first-order valence-electron chi connectivity index (χ1n) is 10.6. The summed E-state index contributed by atoms with van der Waals surface area (Å²) in [7, 11) is 0. The van der Waals surface area contributed by atoms with Crippen LogP contribution in [-0.2, 0) is 9.53 Å². The summed E-state index contributed by atoms with van der Waals surface area (Å²) in [6.07, 6.45) is 16.0. The lowest BCUT2D eigenvalue weighted by molar-refractivity contribution is -0.138. The molecule has 0 spiro atoms. The molecule has 2 nitrogen and oxygen atoms in total. The van der Waals surface area contributed by atoms with Gasteiger partial charge < -0.3 is 4.74 Å². The van der Waals surface area contributed by atoms with Crippen molar-refractivity contribution in [3.63, 3.8) is 0 Å². The standard InChI is InChI=1S/C25H42O2/c1-8-13-20(3)14-10-15-21(4)16-11-17-22(5)18-12-19-23(6)24(7)25(26)27-9-2/h14,16,18H,8-13,15,17,19H2,1-7H3. The van der Waals surface area contributed by atoms with Gasteiger partial charge in [-0.1, -0.05) is 53.9 Å². The first-order chi connectivity index (χ1) is 12.8. The summed E-state index contributed by atoms with van der Waals surface area (Å²) in [4.78, 5) is 11.7. The van der Waals surface area contributed by atoms with E-state index >= 15 is 0 Å². The first-order valence-corrected chi connectivity index (χ1v) is 10.6. The van der Waals surface area contributed by atoms with E-state index in [0.717, 1.165) is 43.3 Å². The number of carbonyl (C=O) groups is 1. The molecule has 0 fully saturated rings. The molecule has 0 aromatic rings. The molecule has 0 N–H and O–H groups in total. The number of carbonyl (C=O) groups excluding carboxylic acids is 1. The van der Waals surface area contributed by atoms with Crippen LogP contribution in [0.5, 0.6) is 0 Å². The lowest BCUT2D eigenvalue weighted by Crippen LogP contribution is -2.07. The lowest BCUT2D eigenvalue weighted by Gasteiger charge is -2.06. The van der Waals surface area contributed by atoms with Crippen molar-refractivity contribution in [2.45, 2.75) is 99.8 Å². The molecule has 0 aliphatic heterocycles. The SMILES string of the molecule is CCCC(C)=CCCC(C)=CCCC(C)=CCCC(C)=C(C)C(=O)OCC. The molecule has 0 saturated carbocycles. The van der Waals surface area contributed by atoms with Gasteiger partial charge in [-0.15, -0.1) is 0 Å². The molecule has 2 heteroatoms. The quantitative estimate of drug-likeness (QED) is 0.186. The minimum Gasteiger partial charge on any atom is -0.463 e. The Morgan fingerprint density at radius 3 is 1.59 bits per heavy atom. The monoisotopic (exact) mass is 374 g/mol. The Balaban J connectivity index is 4.23. The van der Waals surface area contributed by atoms with Crippen molar-refractivity contribution in [1.29, 1.82) is 0 Å². The number of ether oxygens (including phenoxy) is 1. The number of esters is 1. The van der Waals surface area contributed by atoms with Crippen LogP contribution in [0.15, 0.2) is 46.1 Å². The molecule has 0 amide bonds. The van der Waals surface area contributed by atoms with Gasteiger partial charge in [0.25, 0.3) is 0 Å². The zero-order chi connectivity index (χ0) is 20.7. The van der Waals surface area contributed by atoms with Crippen molar-refractivity contribution in [1.82, 2.24) is 0 Å². The maximum absolute atomic E-state index is 11.7. The van der Waals surface area contributed by atoms with Crippen LogP contribution in [-0.4, -0.2) is 12.6 Å². The number of hydrogen-bond donors (Lipinski definition) is 0. The van der Waals surface area contributed by atoms with Crippen LogP contribution < -0.4 is 0 Å². The second-order valence-electron chi connectivity index (χ2n) is 7.64. The summed E-state index contributed by atoms with van der Waals surface area (Å²) < 4.78 is 5.06. The van der Waals surface area contributed by atoms with Crippen molar-refractivity contribution in [2.75, 3.05) is 6.61 Å². The molecule has 27 heavy (non-hydrogen) atoms. The van der Waals surface area contributed by atoms with Crippen LogP contribution in [0, 0.1) is 0 Å². The minimum atomic E-state index is -0.184. The third-order valence-electron chi connectivity index (χ3n) is 4.94. The molecule has 0 aliphatic rings. The van der Waals surface area contributed by atoms with Gasteiger partial charge in [0.2, 0.25) is 0 Å². The average Bonchev–Trinajstić information content (AvgIpc) is 2.61. The zero-order valence-electron chi connectivity index (χ0n) is 18.9. The smallest absolute Gasteiger partial charge is 0.333 e. The molecule has 0 atom stereocenters. The molecule has 0 bridgehead atoms. The van der Waals surface area contributed by atoms with Gasteiger partial charge in [0.15, 0.2) is 0 Å². The molecule has 0 heterocycles. The van der Waals surface area contributed by atoms with Crippen LogP contribution in [0.3, 0.4) is 0 Å². The van der Waals surface area contributed by atoms with Crippen molar-refractivity contribution in [3.05, 3.63) is 46.1 Å². The highest BCUT2D eigenvalue weighted by molar-refractivity contribution is 5.88. The second-order valence-corrected chi connectivity index (χ2v) is 7.64.